The van der Waals surface area contributed by atoms with Crippen LogP contribution in [0.1, 0.15) is 5.69 Å². The SMILES string of the molecule is FC(F)C(F)(F)CNCc1cnc[nH]1. The molecule has 1 aromatic heterocycles. The number of halogens is 4. The van der Waals surface area contributed by atoms with Crippen LogP contribution < -0.4 is 5.32 Å². The van der Waals surface area contributed by atoms with Crippen molar-refractivity contribution in [3.8, 4) is 0 Å². The molecule has 14 heavy (non-hydrogen) atoms. The van der Waals surface area contributed by atoms with Crippen LogP contribution in [-0.2, 0) is 6.54 Å². The second-order valence-corrected chi connectivity index (χ2v) is 2.74. The maximum absolute atomic E-state index is 12.3. The van der Waals surface area contributed by atoms with E-state index in [2.05, 4.69) is 15.3 Å². The van der Waals surface area contributed by atoms with Gasteiger partial charge in [0.25, 0.3) is 0 Å². The van der Waals surface area contributed by atoms with Crippen molar-refractivity contribution in [1.82, 2.24) is 15.3 Å². The Balaban J connectivity index is 2.28. The first-order valence-electron chi connectivity index (χ1n) is 3.86. The fourth-order valence-corrected chi connectivity index (χ4v) is 0.822. The van der Waals surface area contributed by atoms with E-state index in [1.54, 1.807) is 0 Å². The van der Waals surface area contributed by atoms with Gasteiger partial charge in [-0.1, -0.05) is 0 Å². The molecule has 0 saturated carbocycles. The standard InChI is InChI=1S/C7H9F4N3/c8-6(9)7(10,11)3-12-1-5-2-13-4-14-5/h2,4,6,12H,1,3H2,(H,13,14). The van der Waals surface area contributed by atoms with E-state index >= 15 is 0 Å². The van der Waals surface area contributed by atoms with Crippen LogP contribution in [-0.4, -0.2) is 28.9 Å². The minimum Gasteiger partial charge on any atom is -0.347 e. The normalized spacial score (nSPS) is 12.4. The van der Waals surface area contributed by atoms with Crippen LogP contribution in [0.3, 0.4) is 0 Å². The molecule has 0 aliphatic carbocycles. The lowest BCUT2D eigenvalue weighted by atomic mass is 10.3. The summed E-state index contributed by atoms with van der Waals surface area (Å²) < 4.78 is 48.0. The van der Waals surface area contributed by atoms with Crippen molar-refractivity contribution in [2.45, 2.75) is 18.9 Å². The molecule has 0 atom stereocenters. The highest BCUT2D eigenvalue weighted by Gasteiger charge is 2.39. The summed E-state index contributed by atoms with van der Waals surface area (Å²) in [4.78, 5) is 6.29. The third-order valence-electron chi connectivity index (χ3n) is 1.55. The Labute approximate surface area is 77.5 Å². The third kappa shape index (κ3) is 2.99. The topological polar surface area (TPSA) is 40.7 Å². The lowest BCUT2D eigenvalue weighted by Gasteiger charge is -2.15. The smallest absolute Gasteiger partial charge is 0.319 e. The zero-order chi connectivity index (χ0) is 10.6. The number of hydrogen-bond acceptors (Lipinski definition) is 2. The quantitative estimate of drug-likeness (QED) is 0.723. The average Bonchev–Trinajstić information content (AvgIpc) is 2.56. The van der Waals surface area contributed by atoms with Crippen molar-refractivity contribution in [2.24, 2.45) is 0 Å². The highest BCUT2D eigenvalue weighted by Crippen LogP contribution is 2.21. The highest BCUT2D eigenvalue weighted by molar-refractivity contribution is 4.93. The van der Waals surface area contributed by atoms with E-state index in [4.69, 9.17) is 0 Å². The fourth-order valence-electron chi connectivity index (χ4n) is 0.822. The van der Waals surface area contributed by atoms with Gasteiger partial charge in [0.05, 0.1) is 12.9 Å². The van der Waals surface area contributed by atoms with Gasteiger partial charge in [-0.2, -0.15) is 8.78 Å². The van der Waals surface area contributed by atoms with Crippen LogP contribution >= 0.6 is 0 Å². The zero-order valence-electron chi connectivity index (χ0n) is 7.11. The number of hydrogen-bond donors (Lipinski definition) is 2. The molecule has 0 unspecified atom stereocenters. The molecule has 0 spiro atoms. The van der Waals surface area contributed by atoms with Crippen molar-refractivity contribution in [3.63, 3.8) is 0 Å². The van der Waals surface area contributed by atoms with E-state index in [0.717, 1.165) is 0 Å². The lowest BCUT2D eigenvalue weighted by molar-refractivity contribution is -0.125. The number of aromatic amines is 1. The van der Waals surface area contributed by atoms with Gasteiger partial charge < -0.3 is 10.3 Å². The summed E-state index contributed by atoms with van der Waals surface area (Å²) in [5.41, 5.74) is 0.565. The largest absolute Gasteiger partial charge is 0.347 e. The lowest BCUT2D eigenvalue weighted by Crippen LogP contribution is -2.38. The first-order valence-corrected chi connectivity index (χ1v) is 3.86. The molecule has 3 nitrogen and oxygen atoms in total. The van der Waals surface area contributed by atoms with Gasteiger partial charge in [0.15, 0.2) is 0 Å². The molecule has 0 aliphatic rings. The molecular weight excluding hydrogens is 202 g/mol. The zero-order valence-corrected chi connectivity index (χ0v) is 7.11. The van der Waals surface area contributed by atoms with Gasteiger partial charge in [-0.25, -0.2) is 13.8 Å². The second-order valence-electron chi connectivity index (χ2n) is 2.74. The number of rotatable bonds is 5. The van der Waals surface area contributed by atoms with Crippen molar-refractivity contribution in [1.29, 1.82) is 0 Å². The van der Waals surface area contributed by atoms with Crippen LogP contribution in [0.25, 0.3) is 0 Å². The molecule has 1 heterocycles. The minimum atomic E-state index is -3.99. The summed E-state index contributed by atoms with van der Waals surface area (Å²) in [6, 6.07) is 0. The summed E-state index contributed by atoms with van der Waals surface area (Å²) in [6.07, 6.45) is -0.841. The molecule has 2 N–H and O–H groups in total. The van der Waals surface area contributed by atoms with Crippen LogP contribution in [0.4, 0.5) is 17.6 Å². The number of imidazole rings is 1. The molecule has 7 heteroatoms. The van der Waals surface area contributed by atoms with E-state index in [9.17, 15) is 17.6 Å². The molecule has 0 saturated heterocycles. The van der Waals surface area contributed by atoms with E-state index in [1.165, 1.54) is 12.5 Å². The predicted molar refractivity (Wildman–Crippen MR) is 41.2 cm³/mol. The van der Waals surface area contributed by atoms with Crippen LogP contribution in [0.2, 0.25) is 0 Å². The summed E-state index contributed by atoms with van der Waals surface area (Å²) in [6.45, 7) is -0.994. The van der Waals surface area contributed by atoms with Crippen molar-refractivity contribution >= 4 is 0 Å². The van der Waals surface area contributed by atoms with Crippen molar-refractivity contribution in [3.05, 3.63) is 18.2 Å². The van der Waals surface area contributed by atoms with Crippen molar-refractivity contribution < 1.29 is 17.6 Å². The predicted octanol–water partition coefficient (Wildman–Crippen LogP) is 1.40. The van der Waals surface area contributed by atoms with Gasteiger partial charge >= 0.3 is 12.3 Å². The first-order chi connectivity index (χ1) is 6.52. The molecular formula is C7H9F4N3. The Hall–Kier alpha value is -1.11. The Kier molecular flexibility index (Phi) is 3.45. The minimum absolute atomic E-state index is 0.0578. The van der Waals surface area contributed by atoms with Gasteiger partial charge in [-0.05, 0) is 0 Å². The van der Waals surface area contributed by atoms with E-state index < -0.39 is 18.9 Å². The van der Waals surface area contributed by atoms with Gasteiger partial charge in [-0.3, -0.25) is 0 Å². The Morgan fingerprint density at radius 3 is 2.71 bits per heavy atom. The van der Waals surface area contributed by atoms with Crippen LogP contribution in [0.5, 0.6) is 0 Å². The summed E-state index contributed by atoms with van der Waals surface area (Å²) in [5, 5.41) is 2.21. The third-order valence-corrected chi connectivity index (χ3v) is 1.55. The second kappa shape index (κ2) is 4.41. The van der Waals surface area contributed by atoms with Crippen molar-refractivity contribution in [2.75, 3.05) is 6.54 Å². The number of nitrogens with zero attached hydrogens (tertiary/aromatic N) is 1. The monoisotopic (exact) mass is 211 g/mol. The Bertz CT molecular complexity index is 260. The number of aromatic nitrogens is 2. The molecule has 0 radical (unpaired) electrons. The molecule has 0 aromatic carbocycles. The molecule has 80 valence electrons. The molecule has 0 amide bonds. The molecule has 1 rings (SSSR count). The maximum Gasteiger partial charge on any atom is 0.319 e. The number of nitrogens with one attached hydrogen (secondary N) is 2. The van der Waals surface area contributed by atoms with E-state index in [0.29, 0.717) is 5.69 Å². The van der Waals surface area contributed by atoms with Gasteiger partial charge in [-0.15, -0.1) is 0 Å². The maximum atomic E-state index is 12.3. The Morgan fingerprint density at radius 2 is 2.21 bits per heavy atom. The van der Waals surface area contributed by atoms with Gasteiger partial charge in [0, 0.05) is 18.4 Å². The van der Waals surface area contributed by atoms with Crippen LogP contribution in [0.15, 0.2) is 12.5 Å². The van der Waals surface area contributed by atoms with E-state index in [-0.39, 0.29) is 6.54 Å². The van der Waals surface area contributed by atoms with Gasteiger partial charge in [0.1, 0.15) is 0 Å². The highest BCUT2D eigenvalue weighted by atomic mass is 19.3. The first kappa shape index (κ1) is 11.0. The molecule has 0 fully saturated rings. The summed E-state index contributed by atoms with van der Waals surface area (Å²) in [7, 11) is 0. The number of alkyl halides is 4. The average molecular weight is 211 g/mol. The number of H-pyrrole nitrogens is 1. The van der Waals surface area contributed by atoms with Gasteiger partial charge in [0.2, 0.25) is 0 Å². The Morgan fingerprint density at radius 1 is 1.50 bits per heavy atom. The fraction of sp³-hybridized carbons (Fsp3) is 0.571. The molecule has 0 aliphatic heterocycles. The van der Waals surface area contributed by atoms with Crippen LogP contribution in [0, 0.1) is 0 Å². The summed E-state index contributed by atoms with van der Waals surface area (Å²) in [5.74, 6) is -3.99. The molecule has 1 aromatic rings. The van der Waals surface area contributed by atoms with E-state index in [1.807, 2.05) is 0 Å². The summed E-state index contributed by atoms with van der Waals surface area (Å²) >= 11 is 0. The molecule has 0 bridgehead atoms.